The third kappa shape index (κ3) is 3.28. The molecule has 4 heteroatoms. The minimum Gasteiger partial charge on any atom is -0.445 e. The molecule has 1 aromatic rings. The lowest BCUT2D eigenvalue weighted by Gasteiger charge is -2.05. The van der Waals surface area contributed by atoms with E-state index in [0.717, 1.165) is 6.08 Å². The Balaban J connectivity index is 2.71. The summed E-state index contributed by atoms with van der Waals surface area (Å²) in [7, 11) is 0. The van der Waals surface area contributed by atoms with Crippen molar-refractivity contribution >= 4 is 13.1 Å². The molecule has 0 aliphatic heterocycles. The zero-order valence-electron chi connectivity index (χ0n) is 6.25. The molecule has 0 aliphatic carbocycles. The zero-order valence-corrected chi connectivity index (χ0v) is 6.25. The van der Waals surface area contributed by atoms with Gasteiger partial charge in [-0.05, 0) is 5.56 Å². The van der Waals surface area contributed by atoms with Gasteiger partial charge in [0.25, 0.3) is 0 Å². The van der Waals surface area contributed by atoms with Gasteiger partial charge < -0.3 is 12.9 Å². The predicted molar refractivity (Wildman–Crippen MR) is 44.6 cm³/mol. The summed E-state index contributed by atoms with van der Waals surface area (Å²) in [5.41, 5.74) is 0.566. The zero-order chi connectivity index (χ0) is 9.03. The molecule has 0 unspecified atom stereocenters. The van der Waals surface area contributed by atoms with Gasteiger partial charge in [-0.1, -0.05) is 36.4 Å². The maximum Gasteiger partial charge on any atom is 0.502 e. The van der Waals surface area contributed by atoms with Gasteiger partial charge in [0, 0.05) is 0 Å². The maximum atomic E-state index is 11.7. The summed E-state index contributed by atoms with van der Waals surface area (Å²) in [6.45, 7) is -4.81. The molecule has 64 valence electrons. The Morgan fingerprint density at radius 1 is 1.00 bits per heavy atom. The van der Waals surface area contributed by atoms with Crippen LogP contribution in [0.2, 0.25) is 0 Å². The van der Waals surface area contributed by atoms with Crippen molar-refractivity contribution < 1.29 is 12.9 Å². The second-order valence-corrected chi connectivity index (χ2v) is 2.40. The van der Waals surface area contributed by atoms with Gasteiger partial charge in [-0.2, -0.15) is 0 Å². The van der Waals surface area contributed by atoms with Crippen molar-refractivity contribution in [1.29, 1.82) is 0 Å². The lowest BCUT2D eigenvalue weighted by atomic mass is 9.91. The van der Waals surface area contributed by atoms with E-state index in [1.54, 1.807) is 30.3 Å². The van der Waals surface area contributed by atoms with E-state index in [1.165, 1.54) is 0 Å². The van der Waals surface area contributed by atoms with Crippen LogP contribution < -0.4 is 0 Å². The van der Waals surface area contributed by atoms with Crippen molar-refractivity contribution in [2.75, 3.05) is 0 Å². The molecule has 12 heavy (non-hydrogen) atoms. The molecule has 0 N–H and O–H groups in total. The molecule has 1 rings (SSSR count). The molecule has 0 amide bonds. The third-order valence-corrected chi connectivity index (χ3v) is 1.31. The average Bonchev–Trinajstić information content (AvgIpc) is 2.02. The van der Waals surface area contributed by atoms with E-state index in [4.69, 9.17) is 0 Å². The van der Waals surface area contributed by atoms with Crippen LogP contribution in [0.1, 0.15) is 5.56 Å². The van der Waals surface area contributed by atoms with Gasteiger partial charge in [-0.15, -0.1) is 5.98 Å². The molecule has 0 atom stereocenters. The highest BCUT2D eigenvalue weighted by Gasteiger charge is 2.16. The van der Waals surface area contributed by atoms with Crippen LogP contribution in [0.25, 0.3) is 6.08 Å². The Morgan fingerprint density at radius 3 is 2.08 bits per heavy atom. The fourth-order valence-electron chi connectivity index (χ4n) is 0.784. The van der Waals surface area contributed by atoms with E-state index in [0.29, 0.717) is 5.56 Å². The molecular formula is C8H7BF3-. The molecule has 0 spiro atoms. The van der Waals surface area contributed by atoms with Gasteiger partial charge in [-0.25, -0.2) is 0 Å². The molecule has 0 radical (unpaired) electrons. The topological polar surface area (TPSA) is 0 Å². The van der Waals surface area contributed by atoms with Crippen LogP contribution in [-0.4, -0.2) is 6.98 Å². The van der Waals surface area contributed by atoms with Crippen molar-refractivity contribution in [3.8, 4) is 0 Å². The summed E-state index contributed by atoms with van der Waals surface area (Å²) in [5.74, 6) is 0.287. The van der Waals surface area contributed by atoms with Crippen LogP contribution in [0.15, 0.2) is 36.3 Å². The van der Waals surface area contributed by atoms with Crippen molar-refractivity contribution in [3.05, 3.63) is 41.9 Å². The molecule has 0 saturated heterocycles. The number of rotatable bonds is 2. The monoisotopic (exact) mass is 171 g/mol. The largest absolute Gasteiger partial charge is 0.502 e. The van der Waals surface area contributed by atoms with Gasteiger partial charge in [0.05, 0.1) is 0 Å². The van der Waals surface area contributed by atoms with Gasteiger partial charge in [-0.3, -0.25) is 0 Å². The fraction of sp³-hybridized carbons (Fsp3) is 0. The third-order valence-electron chi connectivity index (χ3n) is 1.31. The molecule has 0 heterocycles. The van der Waals surface area contributed by atoms with E-state index < -0.39 is 6.98 Å². The van der Waals surface area contributed by atoms with Gasteiger partial charge in [0.1, 0.15) is 0 Å². The Bertz CT molecular complexity index is 263. The van der Waals surface area contributed by atoms with E-state index in [2.05, 4.69) is 0 Å². The Hall–Kier alpha value is -1.19. The minimum absolute atomic E-state index is 0.287. The van der Waals surface area contributed by atoms with E-state index in [9.17, 15) is 12.9 Å². The summed E-state index contributed by atoms with van der Waals surface area (Å²) in [5, 5.41) is 0. The predicted octanol–water partition coefficient (Wildman–Crippen LogP) is 3.09. The number of hydrogen-bond donors (Lipinski definition) is 0. The fourth-order valence-corrected chi connectivity index (χ4v) is 0.784. The average molecular weight is 171 g/mol. The Kier molecular flexibility index (Phi) is 2.58. The van der Waals surface area contributed by atoms with E-state index in [1.807, 2.05) is 0 Å². The van der Waals surface area contributed by atoms with Crippen LogP contribution in [0, 0.1) is 0 Å². The van der Waals surface area contributed by atoms with Crippen molar-refractivity contribution in [2.45, 2.75) is 0 Å². The molecule has 0 aliphatic rings. The molecule has 0 fully saturated rings. The van der Waals surface area contributed by atoms with Gasteiger partial charge >= 0.3 is 6.98 Å². The van der Waals surface area contributed by atoms with Gasteiger partial charge in [0.15, 0.2) is 0 Å². The summed E-state index contributed by atoms with van der Waals surface area (Å²) < 4.78 is 35.2. The number of halogens is 3. The van der Waals surface area contributed by atoms with Crippen LogP contribution in [0.4, 0.5) is 12.9 Å². The van der Waals surface area contributed by atoms with Crippen molar-refractivity contribution in [2.24, 2.45) is 0 Å². The highest BCUT2D eigenvalue weighted by molar-refractivity contribution is 6.64. The highest BCUT2D eigenvalue weighted by atomic mass is 19.4. The summed E-state index contributed by atoms with van der Waals surface area (Å²) in [6.07, 6.45) is 1.07. The Labute approximate surface area is 68.8 Å². The first-order valence-corrected chi connectivity index (χ1v) is 3.52. The maximum absolute atomic E-state index is 11.7. The lowest BCUT2D eigenvalue weighted by molar-refractivity contribution is 0.499. The summed E-state index contributed by atoms with van der Waals surface area (Å²) in [6, 6.07) is 8.40. The van der Waals surface area contributed by atoms with Crippen molar-refractivity contribution in [1.82, 2.24) is 0 Å². The molecule has 0 saturated carbocycles. The first kappa shape index (κ1) is 8.91. The molecule has 1 aromatic carbocycles. The van der Waals surface area contributed by atoms with Crippen LogP contribution >= 0.6 is 0 Å². The Morgan fingerprint density at radius 2 is 1.58 bits per heavy atom. The summed E-state index contributed by atoms with van der Waals surface area (Å²) >= 11 is 0. The quantitative estimate of drug-likeness (QED) is 0.599. The lowest BCUT2D eigenvalue weighted by Crippen LogP contribution is -2.09. The van der Waals surface area contributed by atoms with Gasteiger partial charge in [0.2, 0.25) is 0 Å². The normalized spacial score (nSPS) is 12.2. The minimum atomic E-state index is -4.81. The second kappa shape index (κ2) is 3.47. The van der Waals surface area contributed by atoms with Crippen LogP contribution in [0.5, 0.6) is 0 Å². The summed E-state index contributed by atoms with van der Waals surface area (Å²) in [4.78, 5) is 0. The molecule has 0 aromatic heterocycles. The van der Waals surface area contributed by atoms with Crippen molar-refractivity contribution in [3.63, 3.8) is 0 Å². The second-order valence-electron chi connectivity index (χ2n) is 2.40. The highest BCUT2D eigenvalue weighted by Crippen LogP contribution is 2.12. The van der Waals surface area contributed by atoms with Crippen LogP contribution in [-0.2, 0) is 0 Å². The van der Waals surface area contributed by atoms with Crippen LogP contribution in [0.3, 0.4) is 0 Å². The SMILES string of the molecule is F[B-](F)(F)C=Cc1ccccc1. The standard InChI is InChI=1S/C8H7BF3/c10-9(11,12)7-6-8-4-2-1-3-5-8/h1-7H/q-1. The number of benzene rings is 1. The molecule has 0 nitrogen and oxygen atoms in total. The van der Waals surface area contributed by atoms with E-state index >= 15 is 0 Å². The first-order valence-electron chi connectivity index (χ1n) is 3.52. The first-order chi connectivity index (χ1) is 5.58. The van der Waals surface area contributed by atoms with E-state index in [-0.39, 0.29) is 5.98 Å². The molecule has 0 bridgehead atoms. The molecular weight excluding hydrogens is 164 g/mol. The smallest absolute Gasteiger partial charge is 0.445 e. The number of hydrogen-bond acceptors (Lipinski definition) is 0.